The quantitative estimate of drug-likeness (QED) is 0.538. The Bertz CT molecular complexity index is 942. The van der Waals surface area contributed by atoms with Crippen LogP contribution in [0.3, 0.4) is 0 Å². The van der Waals surface area contributed by atoms with Gasteiger partial charge in [0.15, 0.2) is 5.75 Å². The minimum atomic E-state index is -1.53. The normalized spacial score (nSPS) is 25.5. The van der Waals surface area contributed by atoms with Gasteiger partial charge >= 0.3 is 5.97 Å². The van der Waals surface area contributed by atoms with Crippen molar-refractivity contribution in [2.24, 2.45) is 5.92 Å². The largest absolute Gasteiger partial charge is 0.424 e. The number of pyridine rings is 1. The summed E-state index contributed by atoms with van der Waals surface area (Å²) in [6.45, 7) is 1.95. The lowest BCUT2D eigenvalue weighted by Gasteiger charge is -2.16. The van der Waals surface area contributed by atoms with Crippen molar-refractivity contribution in [1.29, 1.82) is 0 Å². The number of aryl methyl sites for hydroxylation is 1. The summed E-state index contributed by atoms with van der Waals surface area (Å²) in [4.78, 5) is 21.5. The fourth-order valence-corrected chi connectivity index (χ4v) is 4.01. The van der Waals surface area contributed by atoms with Crippen LogP contribution in [0.25, 0.3) is 0 Å². The monoisotopic (exact) mass is 438 g/mol. The van der Waals surface area contributed by atoms with Crippen molar-refractivity contribution in [3.05, 3.63) is 57.9 Å². The van der Waals surface area contributed by atoms with E-state index in [0.717, 1.165) is 16.7 Å². The van der Waals surface area contributed by atoms with Crippen LogP contribution >= 0.6 is 11.6 Å². The summed E-state index contributed by atoms with van der Waals surface area (Å²) in [5, 5.41) is 17.5. The van der Waals surface area contributed by atoms with Crippen LogP contribution in [0.5, 0.6) is 5.75 Å². The van der Waals surface area contributed by atoms with E-state index in [-0.39, 0.29) is 25.6 Å². The maximum atomic E-state index is 14.0. The predicted molar refractivity (Wildman–Crippen MR) is 101 cm³/mol. The first-order valence-electron chi connectivity index (χ1n) is 9.39. The van der Waals surface area contributed by atoms with Gasteiger partial charge in [0.05, 0.1) is 23.6 Å². The number of hydrogen-bond acceptors (Lipinski definition) is 8. The number of aromatic nitrogens is 1. The highest BCUT2D eigenvalue weighted by Gasteiger charge is 2.42. The Morgan fingerprint density at radius 1 is 1.30 bits per heavy atom. The van der Waals surface area contributed by atoms with Crippen LogP contribution in [0.4, 0.5) is 4.39 Å². The molecule has 0 bridgehead atoms. The summed E-state index contributed by atoms with van der Waals surface area (Å²) in [6.07, 6.45) is -1.50. The molecule has 1 fully saturated rings. The molecule has 2 aromatic rings. The molecule has 30 heavy (non-hydrogen) atoms. The van der Waals surface area contributed by atoms with Crippen molar-refractivity contribution in [2.45, 2.75) is 44.8 Å². The fourth-order valence-electron chi connectivity index (χ4n) is 3.89. The molecular formula is C20H20ClFN2O6. The van der Waals surface area contributed by atoms with E-state index in [1.807, 2.05) is 12.1 Å². The van der Waals surface area contributed by atoms with Gasteiger partial charge in [-0.1, -0.05) is 23.7 Å². The molecule has 8 nitrogen and oxygen atoms in total. The number of ether oxygens (including phenoxy) is 2. The fraction of sp³-hybridized carbons (Fsp3) is 0.400. The molecule has 2 N–H and O–H groups in total. The molecule has 0 amide bonds. The summed E-state index contributed by atoms with van der Waals surface area (Å²) in [6, 6.07) is 7.26. The first-order chi connectivity index (χ1) is 14.3. The van der Waals surface area contributed by atoms with Crippen LogP contribution < -0.4 is 4.74 Å². The molecule has 1 aliphatic carbocycles. The maximum absolute atomic E-state index is 14.0. The predicted octanol–water partition coefficient (Wildman–Crippen LogP) is 3.70. The molecule has 0 saturated heterocycles. The number of fused-ring (bicyclic) bond motifs is 1. The molecule has 1 aliphatic heterocycles. The van der Waals surface area contributed by atoms with E-state index in [1.54, 1.807) is 25.3 Å². The topological polar surface area (TPSA) is 101 Å². The average Bonchev–Trinajstić information content (AvgIpc) is 3.28. The van der Waals surface area contributed by atoms with E-state index in [4.69, 9.17) is 31.5 Å². The Morgan fingerprint density at radius 2 is 2.03 bits per heavy atom. The van der Waals surface area contributed by atoms with Gasteiger partial charge in [0.25, 0.3) is 0 Å². The van der Waals surface area contributed by atoms with Crippen molar-refractivity contribution in [3.8, 4) is 5.75 Å². The minimum absolute atomic E-state index is 0.0387. The van der Waals surface area contributed by atoms with E-state index < -0.39 is 29.6 Å². The van der Waals surface area contributed by atoms with Crippen LogP contribution in [-0.2, 0) is 21.0 Å². The molecule has 0 radical (unpaired) electrons. The standard InChI is InChI=1S/C20H20ClFN2O6/c1-10-18(29-20(25)12-6-16(22)17(7-12)30-24(26)27)15-9-28-19(14(15)8-23-10)11-2-4-13(21)5-3-11/h2-5,8,12,16-17,19,26-27H,6-7,9H2,1H3/t12?,16-,17?,19+/m1/s1. The van der Waals surface area contributed by atoms with Gasteiger partial charge < -0.3 is 9.47 Å². The smallest absolute Gasteiger partial charge is 0.314 e. The summed E-state index contributed by atoms with van der Waals surface area (Å²) < 4.78 is 25.6. The number of hydrogen-bond donors (Lipinski definition) is 2. The second-order valence-corrected chi connectivity index (χ2v) is 7.79. The van der Waals surface area contributed by atoms with E-state index in [2.05, 4.69) is 9.82 Å². The third-order valence-corrected chi connectivity index (χ3v) is 5.65. The number of rotatable bonds is 5. The van der Waals surface area contributed by atoms with Gasteiger partial charge in [0.1, 0.15) is 18.4 Å². The highest BCUT2D eigenvalue weighted by molar-refractivity contribution is 6.30. The SMILES string of the molecule is Cc1ncc2c(c1OC(=O)C1CC(ON(O)O)[C@H](F)C1)CO[C@H]2c1ccc(Cl)cc1. The molecule has 0 spiro atoms. The molecule has 1 aromatic carbocycles. The van der Waals surface area contributed by atoms with Gasteiger partial charge in [0.2, 0.25) is 0 Å². The van der Waals surface area contributed by atoms with Gasteiger partial charge in [-0.2, -0.15) is 0 Å². The Hall–Kier alpha value is -2.14. The molecule has 10 heteroatoms. The van der Waals surface area contributed by atoms with Crippen molar-refractivity contribution in [3.63, 3.8) is 0 Å². The van der Waals surface area contributed by atoms with Crippen molar-refractivity contribution < 1.29 is 33.9 Å². The van der Waals surface area contributed by atoms with Crippen molar-refractivity contribution in [1.82, 2.24) is 10.4 Å². The zero-order valence-electron chi connectivity index (χ0n) is 16.0. The summed E-state index contributed by atoms with van der Waals surface area (Å²) >= 11 is 5.96. The maximum Gasteiger partial charge on any atom is 0.314 e. The second-order valence-electron chi connectivity index (χ2n) is 7.35. The number of halogens is 2. The van der Waals surface area contributed by atoms with Gasteiger partial charge in [-0.05, 0) is 37.5 Å². The highest BCUT2D eigenvalue weighted by atomic mass is 35.5. The van der Waals surface area contributed by atoms with Crippen LogP contribution in [0.15, 0.2) is 30.5 Å². The lowest BCUT2D eigenvalue weighted by Crippen LogP contribution is -2.28. The number of carbonyl (C=O) groups excluding carboxylic acids is 1. The number of carbonyl (C=O) groups is 1. The summed E-state index contributed by atoms with van der Waals surface area (Å²) in [5.74, 6) is -1.10. The first kappa shape index (κ1) is 21.1. The van der Waals surface area contributed by atoms with Gasteiger partial charge in [-0.15, -0.1) is 0 Å². The molecule has 160 valence electrons. The zero-order valence-corrected chi connectivity index (χ0v) is 16.8. The molecule has 4 atom stereocenters. The zero-order chi connectivity index (χ0) is 21.4. The lowest BCUT2D eigenvalue weighted by atomic mass is 10.00. The highest BCUT2D eigenvalue weighted by Crippen LogP contribution is 2.42. The van der Waals surface area contributed by atoms with Crippen molar-refractivity contribution in [2.75, 3.05) is 0 Å². The lowest BCUT2D eigenvalue weighted by molar-refractivity contribution is -0.506. The van der Waals surface area contributed by atoms with E-state index in [9.17, 15) is 9.18 Å². The van der Waals surface area contributed by atoms with E-state index >= 15 is 0 Å². The third-order valence-electron chi connectivity index (χ3n) is 5.39. The molecule has 2 unspecified atom stereocenters. The Balaban J connectivity index is 1.53. The van der Waals surface area contributed by atoms with Crippen LogP contribution in [0.2, 0.25) is 5.02 Å². The molecule has 4 rings (SSSR count). The van der Waals surface area contributed by atoms with Crippen LogP contribution in [-0.4, -0.2) is 39.0 Å². The second kappa shape index (κ2) is 8.54. The Kier molecular flexibility index (Phi) is 6.01. The van der Waals surface area contributed by atoms with Gasteiger partial charge in [-0.3, -0.25) is 20.2 Å². The number of alkyl halides is 1. The number of benzene rings is 1. The molecule has 2 aliphatic rings. The van der Waals surface area contributed by atoms with Crippen molar-refractivity contribution >= 4 is 17.6 Å². The number of esters is 1. The molecular weight excluding hydrogens is 419 g/mol. The summed E-state index contributed by atoms with van der Waals surface area (Å²) in [7, 11) is 0. The molecule has 1 aromatic heterocycles. The summed E-state index contributed by atoms with van der Waals surface area (Å²) in [5.41, 5.74) is 2.92. The average molecular weight is 439 g/mol. The van der Waals surface area contributed by atoms with Gasteiger partial charge in [0, 0.05) is 22.3 Å². The van der Waals surface area contributed by atoms with E-state index in [1.165, 1.54) is 0 Å². The van der Waals surface area contributed by atoms with E-state index in [0.29, 0.717) is 16.5 Å². The Labute approximate surface area is 176 Å². The molecule has 2 heterocycles. The Morgan fingerprint density at radius 3 is 2.73 bits per heavy atom. The van der Waals surface area contributed by atoms with Crippen LogP contribution in [0.1, 0.15) is 41.3 Å². The third kappa shape index (κ3) is 4.18. The van der Waals surface area contributed by atoms with Gasteiger partial charge in [-0.25, -0.2) is 9.23 Å². The molecule has 1 saturated carbocycles. The first-order valence-corrected chi connectivity index (χ1v) is 9.77. The number of nitrogens with zero attached hydrogens (tertiary/aromatic N) is 2. The minimum Gasteiger partial charge on any atom is -0.424 e. The van der Waals surface area contributed by atoms with Crippen LogP contribution in [0, 0.1) is 12.8 Å².